The lowest BCUT2D eigenvalue weighted by Gasteiger charge is -2.18. The Bertz CT molecular complexity index is 655. The average molecular weight is 347 g/mol. The highest BCUT2D eigenvalue weighted by Gasteiger charge is 2.56. The van der Waals surface area contributed by atoms with Crippen molar-refractivity contribution >= 4 is 29.1 Å². The van der Waals surface area contributed by atoms with Gasteiger partial charge in [0.05, 0.1) is 11.3 Å². The van der Waals surface area contributed by atoms with Crippen LogP contribution in [0.3, 0.4) is 0 Å². The third kappa shape index (κ3) is 3.67. The number of anilines is 1. The third-order valence-corrected chi connectivity index (χ3v) is 3.80. The second kappa shape index (κ2) is 6.23. The monoisotopic (exact) mass is 346 g/mol. The Morgan fingerprint density at radius 2 is 1.96 bits per heavy atom. The summed E-state index contributed by atoms with van der Waals surface area (Å²) in [6, 6.07) is 3.04. The van der Waals surface area contributed by atoms with Gasteiger partial charge in [-0.25, -0.2) is 0 Å². The molecule has 4 nitrogen and oxygen atoms in total. The van der Waals surface area contributed by atoms with Crippen LogP contribution in [0.1, 0.15) is 18.4 Å². The minimum Gasteiger partial charge on any atom is -0.352 e. The van der Waals surface area contributed by atoms with Crippen LogP contribution in [0.25, 0.3) is 0 Å². The van der Waals surface area contributed by atoms with E-state index in [1.807, 2.05) is 0 Å². The van der Waals surface area contributed by atoms with Crippen LogP contribution in [0.2, 0.25) is 5.02 Å². The molecule has 8 heteroatoms. The standard InChI is InChI=1S/C15H14ClF3N2O2/c1-2-7-20-12(22)14(5-6-14)13(23)21-11-4-3-9(16)8-10(11)15(17,18)19/h2-4,8H,1,5-7H2,(H,20,22)(H,21,23). The number of halogens is 4. The molecule has 0 saturated heterocycles. The van der Waals surface area contributed by atoms with Gasteiger partial charge >= 0.3 is 6.18 Å². The molecule has 1 fully saturated rings. The molecule has 0 bridgehead atoms. The van der Waals surface area contributed by atoms with Gasteiger partial charge in [0.1, 0.15) is 5.41 Å². The summed E-state index contributed by atoms with van der Waals surface area (Å²) in [7, 11) is 0. The highest BCUT2D eigenvalue weighted by molar-refractivity contribution is 6.30. The zero-order chi connectivity index (χ0) is 17.3. The van der Waals surface area contributed by atoms with Gasteiger partial charge in [-0.1, -0.05) is 17.7 Å². The molecule has 0 radical (unpaired) electrons. The molecule has 1 aliphatic rings. The number of carbonyl (C=O) groups is 2. The van der Waals surface area contributed by atoms with E-state index >= 15 is 0 Å². The van der Waals surface area contributed by atoms with Crippen LogP contribution in [0.15, 0.2) is 30.9 Å². The number of carbonyl (C=O) groups excluding carboxylic acids is 2. The largest absolute Gasteiger partial charge is 0.418 e. The van der Waals surface area contributed by atoms with Crippen molar-refractivity contribution in [3.05, 3.63) is 41.4 Å². The van der Waals surface area contributed by atoms with Crippen molar-refractivity contribution in [3.8, 4) is 0 Å². The van der Waals surface area contributed by atoms with E-state index in [0.717, 1.165) is 12.1 Å². The molecule has 0 aromatic heterocycles. The Balaban J connectivity index is 2.21. The zero-order valence-corrected chi connectivity index (χ0v) is 12.7. The highest BCUT2D eigenvalue weighted by Crippen LogP contribution is 2.47. The number of hydrogen-bond donors (Lipinski definition) is 2. The summed E-state index contributed by atoms with van der Waals surface area (Å²) in [6.45, 7) is 3.62. The van der Waals surface area contributed by atoms with Gasteiger partial charge in [-0.05, 0) is 31.0 Å². The van der Waals surface area contributed by atoms with E-state index in [1.54, 1.807) is 0 Å². The van der Waals surface area contributed by atoms with Crippen molar-refractivity contribution in [2.45, 2.75) is 19.0 Å². The van der Waals surface area contributed by atoms with E-state index in [1.165, 1.54) is 12.1 Å². The maximum Gasteiger partial charge on any atom is 0.418 e. The summed E-state index contributed by atoms with van der Waals surface area (Å²) in [5.74, 6) is -1.27. The molecule has 0 aliphatic heterocycles. The Kier molecular flexibility index (Phi) is 4.70. The Hall–Kier alpha value is -2.02. The fourth-order valence-corrected chi connectivity index (χ4v) is 2.29. The van der Waals surface area contributed by atoms with Crippen LogP contribution in [-0.4, -0.2) is 18.4 Å². The van der Waals surface area contributed by atoms with Gasteiger partial charge in [-0.2, -0.15) is 13.2 Å². The molecule has 23 heavy (non-hydrogen) atoms. The fourth-order valence-electron chi connectivity index (χ4n) is 2.12. The Morgan fingerprint density at radius 3 is 2.48 bits per heavy atom. The van der Waals surface area contributed by atoms with Crippen LogP contribution in [0.5, 0.6) is 0 Å². The molecule has 0 spiro atoms. The van der Waals surface area contributed by atoms with Crippen molar-refractivity contribution in [3.63, 3.8) is 0 Å². The van der Waals surface area contributed by atoms with Gasteiger partial charge < -0.3 is 10.6 Å². The summed E-state index contributed by atoms with van der Waals surface area (Å²) in [6.07, 6.45) is -2.64. The lowest BCUT2D eigenvalue weighted by atomic mass is 10.0. The van der Waals surface area contributed by atoms with Gasteiger partial charge in [0, 0.05) is 11.6 Å². The van der Waals surface area contributed by atoms with Gasteiger partial charge in [-0.3, -0.25) is 9.59 Å². The highest BCUT2D eigenvalue weighted by atomic mass is 35.5. The lowest BCUT2D eigenvalue weighted by molar-refractivity contribution is -0.137. The molecule has 1 aromatic rings. The quantitative estimate of drug-likeness (QED) is 0.634. The molecule has 1 saturated carbocycles. The normalized spacial score (nSPS) is 15.7. The van der Waals surface area contributed by atoms with Crippen molar-refractivity contribution in [2.24, 2.45) is 5.41 Å². The molecule has 0 unspecified atom stereocenters. The topological polar surface area (TPSA) is 58.2 Å². The summed E-state index contributed by atoms with van der Waals surface area (Å²) >= 11 is 5.58. The molecule has 2 amide bonds. The molecule has 0 atom stereocenters. The minimum absolute atomic E-state index is 0.0971. The van der Waals surface area contributed by atoms with E-state index in [4.69, 9.17) is 11.6 Å². The number of alkyl halides is 3. The van der Waals surface area contributed by atoms with Crippen molar-refractivity contribution in [1.29, 1.82) is 0 Å². The van der Waals surface area contributed by atoms with Crippen molar-refractivity contribution in [1.82, 2.24) is 5.32 Å². The van der Waals surface area contributed by atoms with Crippen LogP contribution in [0.4, 0.5) is 18.9 Å². The maximum absolute atomic E-state index is 13.0. The SMILES string of the molecule is C=CCNC(=O)C1(C(=O)Nc2ccc(Cl)cc2C(F)(F)F)CC1. The second-order valence-electron chi connectivity index (χ2n) is 5.22. The van der Waals surface area contributed by atoms with E-state index in [2.05, 4.69) is 17.2 Å². The minimum atomic E-state index is -4.67. The van der Waals surface area contributed by atoms with Crippen LogP contribution >= 0.6 is 11.6 Å². The summed E-state index contributed by atoms with van der Waals surface area (Å²) < 4.78 is 39.0. The Labute approximate surface area is 135 Å². The number of hydrogen-bond acceptors (Lipinski definition) is 2. The first kappa shape index (κ1) is 17.3. The molecule has 1 aliphatic carbocycles. The summed E-state index contributed by atoms with van der Waals surface area (Å²) in [5.41, 5.74) is -2.79. The molecule has 2 rings (SSSR count). The lowest BCUT2D eigenvalue weighted by Crippen LogP contribution is -2.40. The van der Waals surface area contributed by atoms with Gasteiger partial charge in [-0.15, -0.1) is 6.58 Å². The predicted octanol–water partition coefficient (Wildman–Crippen LogP) is 3.38. The van der Waals surface area contributed by atoms with Gasteiger partial charge in [0.2, 0.25) is 11.8 Å². The first-order chi connectivity index (χ1) is 10.7. The van der Waals surface area contributed by atoms with Crippen LogP contribution in [0, 0.1) is 5.41 Å². The van der Waals surface area contributed by atoms with Crippen molar-refractivity contribution in [2.75, 3.05) is 11.9 Å². The van der Waals surface area contributed by atoms with E-state index < -0.39 is 34.7 Å². The smallest absolute Gasteiger partial charge is 0.352 e. The van der Waals surface area contributed by atoms with Crippen molar-refractivity contribution < 1.29 is 22.8 Å². The Morgan fingerprint density at radius 1 is 1.30 bits per heavy atom. The van der Waals surface area contributed by atoms with Gasteiger partial charge in [0.15, 0.2) is 0 Å². The number of rotatable bonds is 5. The average Bonchev–Trinajstić information content (AvgIpc) is 3.27. The van der Waals surface area contributed by atoms with E-state index in [0.29, 0.717) is 0 Å². The molecule has 2 N–H and O–H groups in total. The van der Waals surface area contributed by atoms with Gasteiger partial charge in [0.25, 0.3) is 0 Å². The second-order valence-corrected chi connectivity index (χ2v) is 5.66. The molecule has 124 valence electrons. The molecule has 0 heterocycles. The molecular formula is C15H14ClF3N2O2. The first-order valence-corrected chi connectivity index (χ1v) is 7.16. The fraction of sp³-hybridized carbons (Fsp3) is 0.333. The van der Waals surface area contributed by atoms with E-state index in [9.17, 15) is 22.8 Å². The summed E-state index contributed by atoms with van der Waals surface area (Å²) in [4.78, 5) is 24.3. The van der Waals surface area contributed by atoms with Crippen LogP contribution < -0.4 is 10.6 Å². The number of benzene rings is 1. The zero-order valence-electron chi connectivity index (χ0n) is 12.0. The number of amides is 2. The number of nitrogens with one attached hydrogen (secondary N) is 2. The predicted molar refractivity (Wildman–Crippen MR) is 80.0 cm³/mol. The first-order valence-electron chi connectivity index (χ1n) is 6.78. The van der Waals surface area contributed by atoms with E-state index in [-0.39, 0.29) is 24.4 Å². The maximum atomic E-state index is 13.0. The molecule has 1 aromatic carbocycles. The summed E-state index contributed by atoms with van der Waals surface area (Å²) in [5, 5.41) is 4.60. The molecular weight excluding hydrogens is 333 g/mol. The third-order valence-electron chi connectivity index (χ3n) is 3.56. The van der Waals surface area contributed by atoms with Crippen LogP contribution in [-0.2, 0) is 15.8 Å².